The van der Waals surface area contributed by atoms with E-state index in [4.69, 9.17) is 11.6 Å². The fourth-order valence-electron chi connectivity index (χ4n) is 5.52. The van der Waals surface area contributed by atoms with Gasteiger partial charge in [0, 0.05) is 17.1 Å². The van der Waals surface area contributed by atoms with Crippen molar-refractivity contribution in [1.29, 1.82) is 0 Å². The quantitative estimate of drug-likeness (QED) is 0.607. The topological polar surface area (TPSA) is 98.7 Å². The number of rotatable bonds is 2. The molecule has 3 N–H and O–H groups in total. The molecule has 0 saturated carbocycles. The van der Waals surface area contributed by atoms with Gasteiger partial charge in [0.2, 0.25) is 17.7 Å². The van der Waals surface area contributed by atoms with Gasteiger partial charge in [-0.25, -0.2) is 0 Å². The molecule has 8 heteroatoms. The summed E-state index contributed by atoms with van der Waals surface area (Å²) in [5.74, 6) is -2.43. The van der Waals surface area contributed by atoms with E-state index >= 15 is 0 Å². The number of likely N-dealkylation sites (tertiary alicyclic amines) is 1. The highest BCUT2D eigenvalue weighted by molar-refractivity contribution is 6.35. The summed E-state index contributed by atoms with van der Waals surface area (Å²) in [6.45, 7) is 5.45. The molecule has 1 spiro atoms. The van der Waals surface area contributed by atoms with Gasteiger partial charge in [-0.2, -0.15) is 0 Å². The van der Waals surface area contributed by atoms with E-state index in [9.17, 15) is 19.5 Å². The summed E-state index contributed by atoms with van der Waals surface area (Å²) in [5, 5.41) is 16.2. The second-order valence-electron chi connectivity index (χ2n) is 9.73. The third-order valence-electron chi connectivity index (χ3n) is 6.76. The number of hydrogen-bond acceptors (Lipinski definition) is 5. The number of halogens is 1. The van der Waals surface area contributed by atoms with E-state index in [-0.39, 0.29) is 23.5 Å². The summed E-state index contributed by atoms with van der Waals surface area (Å²) >= 11 is 6.36. The minimum Gasteiger partial charge on any atom is -0.508 e. The molecular formula is C24H24ClN3O4. The van der Waals surface area contributed by atoms with E-state index < -0.39 is 29.0 Å². The molecule has 4 atom stereocenters. The van der Waals surface area contributed by atoms with E-state index in [0.717, 1.165) is 5.56 Å². The molecule has 0 aromatic heterocycles. The second kappa shape index (κ2) is 6.80. The first-order valence-electron chi connectivity index (χ1n) is 10.6. The molecule has 2 saturated heterocycles. The highest BCUT2D eigenvalue weighted by Gasteiger charge is 2.71. The van der Waals surface area contributed by atoms with Crippen molar-refractivity contribution >= 4 is 35.0 Å². The van der Waals surface area contributed by atoms with Crippen molar-refractivity contribution in [3.8, 4) is 5.75 Å². The molecule has 3 aliphatic rings. The summed E-state index contributed by atoms with van der Waals surface area (Å²) in [7, 11) is 0. The summed E-state index contributed by atoms with van der Waals surface area (Å²) in [5.41, 5.74) is -0.135. The van der Waals surface area contributed by atoms with E-state index in [1.807, 2.05) is 20.8 Å². The molecule has 3 heterocycles. The van der Waals surface area contributed by atoms with E-state index in [1.54, 1.807) is 42.5 Å². The zero-order valence-corrected chi connectivity index (χ0v) is 18.7. The van der Waals surface area contributed by atoms with Crippen molar-refractivity contribution < 1.29 is 19.5 Å². The third-order valence-corrected chi connectivity index (χ3v) is 7.08. The van der Waals surface area contributed by atoms with Gasteiger partial charge >= 0.3 is 0 Å². The number of benzene rings is 2. The van der Waals surface area contributed by atoms with Gasteiger partial charge in [-0.15, -0.1) is 0 Å². The predicted molar refractivity (Wildman–Crippen MR) is 119 cm³/mol. The summed E-state index contributed by atoms with van der Waals surface area (Å²) in [4.78, 5) is 42.1. The Bertz CT molecular complexity index is 1160. The lowest BCUT2D eigenvalue weighted by atomic mass is 9.76. The Labute approximate surface area is 190 Å². The van der Waals surface area contributed by atoms with E-state index in [2.05, 4.69) is 10.6 Å². The molecule has 2 aromatic rings. The van der Waals surface area contributed by atoms with Crippen LogP contribution in [0.5, 0.6) is 5.75 Å². The Kier molecular flexibility index (Phi) is 4.45. The molecular weight excluding hydrogens is 430 g/mol. The maximum Gasteiger partial charge on any atom is 0.250 e. The van der Waals surface area contributed by atoms with Crippen LogP contribution < -0.4 is 10.6 Å². The molecule has 2 fully saturated rings. The van der Waals surface area contributed by atoms with Crippen LogP contribution in [0.4, 0.5) is 5.69 Å². The van der Waals surface area contributed by atoms with Gasteiger partial charge in [0.05, 0.1) is 22.5 Å². The normalized spacial score (nSPS) is 28.9. The Morgan fingerprint density at radius 3 is 2.41 bits per heavy atom. The van der Waals surface area contributed by atoms with Crippen molar-refractivity contribution in [1.82, 2.24) is 10.2 Å². The summed E-state index contributed by atoms with van der Waals surface area (Å²) in [6, 6.07) is 11.5. The lowest BCUT2D eigenvalue weighted by molar-refractivity contribution is -0.147. The zero-order chi connectivity index (χ0) is 23.0. The second-order valence-corrected chi connectivity index (χ2v) is 10.1. The molecule has 0 unspecified atom stereocenters. The lowest BCUT2D eigenvalue weighted by Crippen LogP contribution is -2.56. The van der Waals surface area contributed by atoms with Crippen LogP contribution in [0.1, 0.15) is 31.9 Å². The van der Waals surface area contributed by atoms with Crippen molar-refractivity contribution in [2.24, 2.45) is 11.8 Å². The molecule has 2 aromatic carbocycles. The Balaban J connectivity index is 1.66. The van der Waals surface area contributed by atoms with Crippen LogP contribution in [-0.2, 0) is 26.3 Å². The van der Waals surface area contributed by atoms with E-state index in [1.165, 1.54) is 4.90 Å². The fraction of sp³-hybridized carbons (Fsp3) is 0.375. The number of phenols is 1. The third kappa shape index (κ3) is 2.74. The minimum atomic E-state index is -1.38. The molecule has 0 aliphatic carbocycles. The molecule has 166 valence electrons. The van der Waals surface area contributed by atoms with Crippen LogP contribution in [0.15, 0.2) is 42.5 Å². The van der Waals surface area contributed by atoms with Gasteiger partial charge in [-0.05, 0) is 51.0 Å². The van der Waals surface area contributed by atoms with Crippen LogP contribution in [0.3, 0.4) is 0 Å². The van der Waals surface area contributed by atoms with Gasteiger partial charge < -0.3 is 10.4 Å². The van der Waals surface area contributed by atoms with E-state index in [0.29, 0.717) is 22.7 Å². The van der Waals surface area contributed by atoms with Crippen LogP contribution in [0.2, 0.25) is 5.02 Å². The average Bonchev–Trinajstić information content (AvgIpc) is 3.29. The summed E-state index contributed by atoms with van der Waals surface area (Å²) < 4.78 is 0. The number of amides is 3. The van der Waals surface area contributed by atoms with Crippen LogP contribution >= 0.6 is 11.6 Å². The molecule has 0 bridgehead atoms. The number of nitrogens with zero attached hydrogens (tertiary/aromatic N) is 1. The number of imide groups is 1. The highest BCUT2D eigenvalue weighted by atomic mass is 35.5. The number of carbonyl (C=O) groups is 3. The largest absolute Gasteiger partial charge is 0.508 e. The molecule has 7 nitrogen and oxygen atoms in total. The van der Waals surface area contributed by atoms with Gasteiger partial charge in [0.25, 0.3) is 0 Å². The number of carbonyl (C=O) groups excluding carboxylic acids is 3. The fourth-order valence-corrected chi connectivity index (χ4v) is 5.74. The van der Waals surface area contributed by atoms with Gasteiger partial charge in [-0.1, -0.05) is 35.9 Å². The van der Waals surface area contributed by atoms with Crippen molar-refractivity contribution in [2.75, 3.05) is 5.32 Å². The molecule has 3 amide bonds. The maximum absolute atomic E-state index is 13.7. The van der Waals surface area contributed by atoms with Crippen LogP contribution in [0, 0.1) is 11.8 Å². The van der Waals surface area contributed by atoms with Crippen molar-refractivity contribution in [2.45, 2.75) is 44.3 Å². The van der Waals surface area contributed by atoms with Crippen LogP contribution in [0.25, 0.3) is 0 Å². The minimum absolute atomic E-state index is 0.146. The standard InChI is InChI=1S/C24H24ClN3O4/c1-23(2,3)28-20(30)17-16(11-12-7-9-13(29)10-8-12)27-24(18(17)21(28)31)14-5-4-6-15(25)19(14)26-22(24)32/h4-10,16-18,27,29H,11H2,1-3H3,(H,26,32)/t16-,17+,18-,24-/m0/s1. The Morgan fingerprint density at radius 2 is 1.75 bits per heavy atom. The molecule has 5 rings (SSSR count). The highest BCUT2D eigenvalue weighted by Crippen LogP contribution is 2.55. The number of fused-ring (bicyclic) bond motifs is 4. The first-order valence-corrected chi connectivity index (χ1v) is 11.0. The first kappa shape index (κ1) is 21.0. The Hall–Kier alpha value is -2.90. The first-order chi connectivity index (χ1) is 15.1. The van der Waals surface area contributed by atoms with Gasteiger partial charge in [0.1, 0.15) is 11.3 Å². The Morgan fingerprint density at radius 1 is 1.06 bits per heavy atom. The summed E-state index contributed by atoms with van der Waals surface area (Å²) in [6.07, 6.45) is 0.420. The number of aromatic hydroxyl groups is 1. The van der Waals surface area contributed by atoms with Gasteiger partial charge in [0.15, 0.2) is 0 Å². The maximum atomic E-state index is 13.7. The SMILES string of the molecule is CC(C)(C)N1C(=O)[C@@H]2[C@H](Cc3ccc(O)cc3)N[C@]3(C(=O)Nc4c(Cl)cccc43)[C@@H]2C1=O. The number of nitrogens with one attached hydrogen (secondary N) is 2. The van der Waals surface area contributed by atoms with Crippen molar-refractivity contribution in [3.63, 3.8) is 0 Å². The predicted octanol–water partition coefficient (Wildman–Crippen LogP) is 2.81. The average molecular weight is 454 g/mol. The van der Waals surface area contributed by atoms with Gasteiger partial charge in [-0.3, -0.25) is 24.6 Å². The number of hydrogen-bond donors (Lipinski definition) is 3. The smallest absolute Gasteiger partial charge is 0.250 e. The zero-order valence-electron chi connectivity index (χ0n) is 18.0. The van der Waals surface area contributed by atoms with Crippen molar-refractivity contribution in [3.05, 3.63) is 58.6 Å². The number of anilines is 1. The number of para-hydroxylation sites is 1. The number of phenolic OH excluding ortho intramolecular Hbond substituents is 1. The molecule has 32 heavy (non-hydrogen) atoms. The lowest BCUT2D eigenvalue weighted by Gasteiger charge is -2.34. The monoisotopic (exact) mass is 453 g/mol. The molecule has 0 radical (unpaired) electrons. The molecule has 3 aliphatic heterocycles. The van der Waals surface area contributed by atoms with Crippen LogP contribution in [-0.4, -0.2) is 39.3 Å².